The quantitative estimate of drug-likeness (QED) is 0.0214. The minimum atomic E-state index is -4.41. The summed E-state index contributed by atoms with van der Waals surface area (Å²) >= 11 is 0. The molecular formula is C52H83NO8P+. The highest BCUT2D eigenvalue weighted by atomic mass is 31.2. The first-order valence-corrected chi connectivity index (χ1v) is 24.4. The van der Waals surface area contributed by atoms with Crippen molar-refractivity contribution in [2.45, 2.75) is 136 Å². The van der Waals surface area contributed by atoms with E-state index in [0.29, 0.717) is 23.9 Å². The summed E-state index contributed by atoms with van der Waals surface area (Å²) in [5.74, 6) is -0.951. The average Bonchev–Trinajstić information content (AvgIpc) is 3.23. The number of carbonyl (C=O) groups excluding carboxylic acids is 2. The van der Waals surface area contributed by atoms with Crippen molar-refractivity contribution in [1.82, 2.24) is 0 Å². The van der Waals surface area contributed by atoms with Crippen LogP contribution in [0.2, 0.25) is 0 Å². The number of ether oxygens (including phenoxy) is 2. The molecule has 10 heteroatoms. The maximum absolute atomic E-state index is 12.7. The van der Waals surface area contributed by atoms with Gasteiger partial charge in [-0.25, -0.2) is 4.57 Å². The molecule has 0 aromatic rings. The van der Waals surface area contributed by atoms with Crippen molar-refractivity contribution in [1.29, 1.82) is 0 Å². The Morgan fingerprint density at radius 3 is 1.32 bits per heavy atom. The van der Waals surface area contributed by atoms with E-state index in [0.717, 1.165) is 89.9 Å². The highest BCUT2D eigenvalue weighted by Gasteiger charge is 2.27. The van der Waals surface area contributed by atoms with E-state index >= 15 is 0 Å². The Bertz CT molecular complexity index is 1510. The van der Waals surface area contributed by atoms with Crippen molar-refractivity contribution in [2.24, 2.45) is 0 Å². The summed E-state index contributed by atoms with van der Waals surface area (Å²) < 4.78 is 34.2. The van der Waals surface area contributed by atoms with Gasteiger partial charge in [0.25, 0.3) is 0 Å². The number of esters is 2. The second-order valence-electron chi connectivity index (χ2n) is 15.7. The van der Waals surface area contributed by atoms with Gasteiger partial charge >= 0.3 is 19.8 Å². The number of likely N-dealkylation sites (N-methyl/N-ethyl adjacent to an activating group) is 1. The van der Waals surface area contributed by atoms with E-state index in [4.69, 9.17) is 18.5 Å². The lowest BCUT2D eigenvalue weighted by molar-refractivity contribution is -0.870. The fraction of sp³-hybridized carbons (Fsp3) is 0.538. The van der Waals surface area contributed by atoms with Crippen molar-refractivity contribution >= 4 is 19.8 Å². The van der Waals surface area contributed by atoms with Crippen molar-refractivity contribution in [3.8, 4) is 0 Å². The largest absolute Gasteiger partial charge is 0.472 e. The molecule has 0 fully saturated rings. The normalized spacial score (nSPS) is 14.7. The van der Waals surface area contributed by atoms with Crippen LogP contribution >= 0.6 is 7.82 Å². The lowest BCUT2D eigenvalue weighted by atomic mass is 10.1. The summed E-state index contributed by atoms with van der Waals surface area (Å²) in [4.78, 5) is 35.4. The van der Waals surface area contributed by atoms with Crippen molar-refractivity contribution in [3.63, 3.8) is 0 Å². The molecule has 0 radical (unpaired) electrons. The van der Waals surface area contributed by atoms with E-state index in [1.807, 2.05) is 33.3 Å². The van der Waals surface area contributed by atoms with Crippen LogP contribution in [0.3, 0.4) is 0 Å². The summed E-state index contributed by atoms with van der Waals surface area (Å²) in [6.07, 6.45) is 60.9. The average molecular weight is 881 g/mol. The maximum Gasteiger partial charge on any atom is 0.472 e. The minimum absolute atomic E-state index is 0.00490. The fourth-order valence-electron chi connectivity index (χ4n) is 5.18. The molecule has 0 amide bonds. The molecule has 9 nitrogen and oxygen atoms in total. The summed E-state index contributed by atoms with van der Waals surface area (Å²) in [5, 5.41) is 0. The smallest absolute Gasteiger partial charge is 0.462 e. The van der Waals surface area contributed by atoms with Gasteiger partial charge in [-0.1, -0.05) is 154 Å². The van der Waals surface area contributed by atoms with Gasteiger partial charge in [-0.05, 0) is 96.3 Å². The Balaban J connectivity index is 4.56. The second kappa shape index (κ2) is 42.5. The van der Waals surface area contributed by atoms with Crippen LogP contribution in [0.4, 0.5) is 0 Å². The molecule has 0 bridgehead atoms. The van der Waals surface area contributed by atoms with Crippen LogP contribution in [0.25, 0.3) is 0 Å². The van der Waals surface area contributed by atoms with Crippen LogP contribution in [0.1, 0.15) is 129 Å². The molecule has 0 saturated carbocycles. The maximum atomic E-state index is 12.7. The summed E-state index contributed by atoms with van der Waals surface area (Å²) in [5.41, 5.74) is 0. The molecule has 1 unspecified atom stereocenters. The van der Waals surface area contributed by atoms with Gasteiger partial charge in [-0.2, -0.15) is 0 Å². The molecule has 0 aliphatic heterocycles. The molecule has 0 aliphatic carbocycles. The number of allylic oxidation sites excluding steroid dienone is 22. The van der Waals surface area contributed by atoms with E-state index in [2.05, 4.69) is 135 Å². The molecule has 2 atom stereocenters. The van der Waals surface area contributed by atoms with Crippen LogP contribution in [0, 0.1) is 0 Å². The first-order chi connectivity index (χ1) is 30.0. The summed E-state index contributed by atoms with van der Waals surface area (Å²) in [6.45, 7) is 4.03. The Morgan fingerprint density at radius 1 is 0.500 bits per heavy atom. The number of phosphoric ester groups is 1. The van der Waals surface area contributed by atoms with E-state index in [1.54, 1.807) is 0 Å². The van der Waals surface area contributed by atoms with Gasteiger partial charge < -0.3 is 18.9 Å². The predicted octanol–water partition coefficient (Wildman–Crippen LogP) is 13.5. The van der Waals surface area contributed by atoms with Gasteiger partial charge in [-0.15, -0.1) is 0 Å². The third-order valence-electron chi connectivity index (χ3n) is 8.69. The fourth-order valence-corrected chi connectivity index (χ4v) is 5.92. The molecule has 0 spiro atoms. The SMILES string of the molecule is CC/C=C/C/C=C/C/C=C/C/C=C/C/C=C/C/C=C/CCC(=O)OC[C@H](COP(=O)(O)OCC[N+](C)(C)C)OC(=O)CCCCC/C=C/C/C=C/C/C=C/C/C=C/C/C=C/CC. The topological polar surface area (TPSA) is 108 Å². The number of quaternary nitrogens is 1. The van der Waals surface area contributed by atoms with E-state index in [-0.39, 0.29) is 26.1 Å². The number of unbranched alkanes of at least 4 members (excludes halogenated alkanes) is 3. The van der Waals surface area contributed by atoms with E-state index in [9.17, 15) is 19.0 Å². The van der Waals surface area contributed by atoms with Crippen molar-refractivity contribution < 1.29 is 42.1 Å². The molecule has 0 aromatic heterocycles. The molecule has 0 saturated heterocycles. The van der Waals surface area contributed by atoms with Gasteiger partial charge in [0.2, 0.25) is 0 Å². The Labute approximate surface area is 377 Å². The number of carbonyl (C=O) groups is 2. The highest BCUT2D eigenvalue weighted by molar-refractivity contribution is 7.47. The van der Waals surface area contributed by atoms with Crippen molar-refractivity contribution in [3.05, 3.63) is 134 Å². The third-order valence-corrected chi connectivity index (χ3v) is 9.67. The monoisotopic (exact) mass is 881 g/mol. The number of nitrogens with zero attached hydrogens (tertiary/aromatic N) is 1. The molecular weight excluding hydrogens is 798 g/mol. The second-order valence-corrected chi connectivity index (χ2v) is 17.1. The molecule has 62 heavy (non-hydrogen) atoms. The predicted molar refractivity (Wildman–Crippen MR) is 260 cm³/mol. The molecule has 348 valence electrons. The Kier molecular flexibility index (Phi) is 39.8. The number of hydrogen-bond acceptors (Lipinski definition) is 7. The van der Waals surface area contributed by atoms with E-state index in [1.165, 1.54) is 0 Å². The van der Waals surface area contributed by atoms with Gasteiger partial charge in [0.15, 0.2) is 6.10 Å². The Morgan fingerprint density at radius 2 is 0.903 bits per heavy atom. The summed E-state index contributed by atoms with van der Waals surface area (Å²) in [6, 6.07) is 0. The first kappa shape index (κ1) is 58.1. The molecule has 0 rings (SSSR count). The minimum Gasteiger partial charge on any atom is -0.462 e. The molecule has 0 heterocycles. The zero-order valence-corrected chi connectivity index (χ0v) is 39.9. The number of rotatable bonds is 39. The first-order valence-electron chi connectivity index (χ1n) is 22.9. The number of phosphoric acid groups is 1. The zero-order valence-electron chi connectivity index (χ0n) is 39.0. The lowest BCUT2D eigenvalue weighted by Crippen LogP contribution is -2.37. The highest BCUT2D eigenvalue weighted by Crippen LogP contribution is 2.43. The van der Waals surface area contributed by atoms with Crippen LogP contribution in [-0.2, 0) is 32.7 Å². The Hall–Kier alpha value is -3.85. The summed E-state index contributed by atoms with van der Waals surface area (Å²) in [7, 11) is 1.39. The molecule has 0 aliphatic rings. The van der Waals surface area contributed by atoms with Crippen LogP contribution < -0.4 is 0 Å². The van der Waals surface area contributed by atoms with Crippen LogP contribution in [0.15, 0.2) is 134 Å². The van der Waals surface area contributed by atoms with Crippen LogP contribution in [-0.4, -0.2) is 74.9 Å². The van der Waals surface area contributed by atoms with Gasteiger partial charge in [0.1, 0.15) is 19.8 Å². The van der Waals surface area contributed by atoms with Crippen molar-refractivity contribution in [2.75, 3.05) is 47.5 Å². The number of hydrogen-bond donors (Lipinski definition) is 1. The van der Waals surface area contributed by atoms with Gasteiger partial charge in [0.05, 0.1) is 27.7 Å². The zero-order chi connectivity index (χ0) is 45.7. The standard InChI is InChI=1S/C52H82NO8P/c1-6-8-10-12-14-16-18-20-22-24-26-28-30-32-34-36-38-40-42-44-51(54)58-48-50(49-60-62(56,57)59-47-46-53(3,4)5)61-52(55)45-43-41-39-37-35-33-31-29-27-25-23-21-19-17-15-13-11-9-7-2/h8-11,14-17,20-23,26-29,32-35,38,40,50H,6-7,12-13,18-19,24-25,30-31,36-37,39,41-49H2,1-5H3/p+1/b10-8+,11-9+,16-14+,17-15+,22-20+,23-21+,28-26+,29-27+,34-32+,35-33+,40-38+/t50-/m1/s1. The van der Waals surface area contributed by atoms with Gasteiger partial charge in [0, 0.05) is 12.8 Å². The lowest BCUT2D eigenvalue weighted by Gasteiger charge is -2.24. The molecule has 0 aromatic carbocycles. The van der Waals surface area contributed by atoms with Crippen LogP contribution in [0.5, 0.6) is 0 Å². The van der Waals surface area contributed by atoms with E-state index < -0.39 is 32.5 Å². The molecule has 1 N–H and O–H groups in total. The third kappa shape index (κ3) is 45.7. The van der Waals surface area contributed by atoms with Gasteiger partial charge in [-0.3, -0.25) is 18.6 Å².